The Hall–Kier alpha value is -1.14. The predicted molar refractivity (Wildman–Crippen MR) is 43.5 cm³/mol. The lowest BCUT2D eigenvalue weighted by atomic mass is 10.2. The van der Waals surface area contributed by atoms with Crippen LogP contribution in [0.25, 0.3) is 0 Å². The van der Waals surface area contributed by atoms with Gasteiger partial charge in [-0.25, -0.2) is 0 Å². The Morgan fingerprint density at radius 1 is 1.43 bits per heavy atom. The summed E-state index contributed by atoms with van der Waals surface area (Å²) in [6, 6.07) is 0. The van der Waals surface area contributed by atoms with Gasteiger partial charge in [-0.2, -0.15) is 0 Å². The van der Waals surface area contributed by atoms with Gasteiger partial charge in [0.05, 0.1) is 19.1 Å². The van der Waals surface area contributed by atoms with E-state index in [0.29, 0.717) is 0 Å². The molecule has 0 aromatic carbocycles. The molecular weight excluding hydrogens is 192 g/mol. The molecule has 1 heterocycles. The van der Waals surface area contributed by atoms with E-state index in [0.717, 1.165) is 0 Å². The highest BCUT2D eigenvalue weighted by molar-refractivity contribution is 5.67. The van der Waals surface area contributed by atoms with Crippen molar-refractivity contribution in [2.24, 2.45) is 0 Å². The number of carbonyl (C=O) groups excluding carboxylic acids is 1. The smallest absolute Gasteiger partial charge is 0.306 e. The standard InChI is InChI=1S/C8H12O6/c1-5(9)14-8-4-12-6(3-13-8)2-7(10)11/h6,8H,2-4H2,1H3,(H,10,11)/t6-,8-/m0/s1. The number of hydrogen-bond acceptors (Lipinski definition) is 5. The van der Waals surface area contributed by atoms with Crippen molar-refractivity contribution in [2.45, 2.75) is 25.7 Å². The number of carboxylic acids is 1. The fourth-order valence-corrected chi connectivity index (χ4v) is 1.09. The lowest BCUT2D eigenvalue weighted by Crippen LogP contribution is -2.38. The third-order valence-corrected chi connectivity index (χ3v) is 1.64. The van der Waals surface area contributed by atoms with Crippen LogP contribution in [-0.4, -0.2) is 42.7 Å². The molecule has 14 heavy (non-hydrogen) atoms. The first-order chi connectivity index (χ1) is 6.58. The molecule has 0 unspecified atom stereocenters. The fraction of sp³-hybridized carbons (Fsp3) is 0.750. The largest absolute Gasteiger partial charge is 0.481 e. The van der Waals surface area contributed by atoms with E-state index in [-0.39, 0.29) is 19.6 Å². The summed E-state index contributed by atoms with van der Waals surface area (Å²) in [4.78, 5) is 20.8. The average Bonchev–Trinajstić information content (AvgIpc) is 2.06. The van der Waals surface area contributed by atoms with Crippen LogP contribution < -0.4 is 0 Å². The maximum Gasteiger partial charge on any atom is 0.306 e. The van der Waals surface area contributed by atoms with E-state index in [4.69, 9.17) is 19.3 Å². The second-order valence-corrected chi connectivity index (χ2v) is 2.93. The predicted octanol–water partition coefficient (Wildman–Crippen LogP) is -0.234. The summed E-state index contributed by atoms with van der Waals surface area (Å²) >= 11 is 0. The molecular formula is C8H12O6. The quantitative estimate of drug-likeness (QED) is 0.639. The minimum atomic E-state index is -0.940. The van der Waals surface area contributed by atoms with Gasteiger partial charge in [-0.15, -0.1) is 0 Å². The number of rotatable bonds is 3. The Bertz CT molecular complexity index is 194. The van der Waals surface area contributed by atoms with E-state index >= 15 is 0 Å². The molecule has 1 aliphatic heterocycles. The molecule has 80 valence electrons. The van der Waals surface area contributed by atoms with E-state index in [9.17, 15) is 9.59 Å². The summed E-state index contributed by atoms with van der Waals surface area (Å²) in [5.41, 5.74) is 0. The molecule has 6 heteroatoms. The van der Waals surface area contributed by atoms with E-state index in [1.54, 1.807) is 0 Å². The second-order valence-electron chi connectivity index (χ2n) is 2.93. The summed E-state index contributed by atoms with van der Waals surface area (Å²) in [5, 5.41) is 8.46. The Labute approximate surface area is 80.7 Å². The SMILES string of the molecule is CC(=O)O[C@H]1CO[C@@H](CC(=O)O)CO1. The molecule has 0 aromatic rings. The molecule has 0 bridgehead atoms. The summed E-state index contributed by atoms with van der Waals surface area (Å²) in [5.74, 6) is -1.39. The van der Waals surface area contributed by atoms with Crippen LogP contribution in [0, 0.1) is 0 Å². The Morgan fingerprint density at radius 2 is 2.14 bits per heavy atom. The highest BCUT2D eigenvalue weighted by Crippen LogP contribution is 2.11. The van der Waals surface area contributed by atoms with Crippen molar-refractivity contribution in [1.82, 2.24) is 0 Å². The van der Waals surface area contributed by atoms with E-state index in [1.807, 2.05) is 0 Å². The zero-order valence-corrected chi connectivity index (χ0v) is 7.76. The monoisotopic (exact) mass is 204 g/mol. The van der Waals surface area contributed by atoms with Crippen LogP contribution >= 0.6 is 0 Å². The Kier molecular flexibility index (Phi) is 3.84. The highest BCUT2D eigenvalue weighted by Gasteiger charge is 2.25. The maximum absolute atomic E-state index is 10.5. The van der Waals surface area contributed by atoms with Crippen molar-refractivity contribution in [3.8, 4) is 0 Å². The number of esters is 1. The molecule has 1 N–H and O–H groups in total. The van der Waals surface area contributed by atoms with Crippen molar-refractivity contribution >= 4 is 11.9 Å². The zero-order chi connectivity index (χ0) is 10.6. The number of hydrogen-bond donors (Lipinski definition) is 1. The first kappa shape index (κ1) is 10.9. The molecule has 6 nitrogen and oxygen atoms in total. The molecule has 0 radical (unpaired) electrons. The van der Waals surface area contributed by atoms with Gasteiger partial charge in [0.2, 0.25) is 6.29 Å². The molecule has 0 aliphatic carbocycles. The van der Waals surface area contributed by atoms with E-state index in [2.05, 4.69) is 0 Å². The minimum absolute atomic E-state index is 0.0809. The third-order valence-electron chi connectivity index (χ3n) is 1.64. The van der Waals surface area contributed by atoms with Crippen LogP contribution in [0.15, 0.2) is 0 Å². The number of ether oxygens (including phenoxy) is 3. The Morgan fingerprint density at radius 3 is 2.57 bits per heavy atom. The zero-order valence-electron chi connectivity index (χ0n) is 7.76. The maximum atomic E-state index is 10.5. The van der Waals surface area contributed by atoms with Gasteiger partial charge < -0.3 is 19.3 Å². The lowest BCUT2D eigenvalue weighted by Gasteiger charge is -2.27. The fourth-order valence-electron chi connectivity index (χ4n) is 1.09. The summed E-state index contributed by atoms with van der Waals surface area (Å²) in [7, 11) is 0. The van der Waals surface area contributed by atoms with Crippen molar-refractivity contribution in [3.05, 3.63) is 0 Å². The van der Waals surface area contributed by atoms with Gasteiger partial charge in [-0.05, 0) is 0 Å². The van der Waals surface area contributed by atoms with Crippen molar-refractivity contribution < 1.29 is 28.9 Å². The molecule has 1 aliphatic rings. The van der Waals surface area contributed by atoms with Gasteiger partial charge in [-0.1, -0.05) is 0 Å². The number of aliphatic carboxylic acids is 1. The molecule has 0 aromatic heterocycles. The minimum Gasteiger partial charge on any atom is -0.481 e. The lowest BCUT2D eigenvalue weighted by molar-refractivity contribution is -0.231. The Balaban J connectivity index is 2.24. The van der Waals surface area contributed by atoms with Gasteiger partial charge in [0.1, 0.15) is 6.61 Å². The second kappa shape index (κ2) is 4.92. The average molecular weight is 204 g/mol. The highest BCUT2D eigenvalue weighted by atomic mass is 16.7. The number of carboxylic acid groups (broad SMARTS) is 1. The van der Waals surface area contributed by atoms with Crippen molar-refractivity contribution in [2.75, 3.05) is 13.2 Å². The molecule has 0 saturated carbocycles. The molecule has 1 saturated heterocycles. The van der Waals surface area contributed by atoms with Gasteiger partial charge in [-0.3, -0.25) is 9.59 Å². The molecule has 2 atom stereocenters. The summed E-state index contributed by atoms with van der Waals surface area (Å²) in [6.45, 7) is 1.48. The van der Waals surface area contributed by atoms with Crippen LogP contribution in [0.5, 0.6) is 0 Å². The van der Waals surface area contributed by atoms with Gasteiger partial charge in [0.25, 0.3) is 0 Å². The first-order valence-corrected chi connectivity index (χ1v) is 4.20. The van der Waals surface area contributed by atoms with Crippen LogP contribution in [0.1, 0.15) is 13.3 Å². The van der Waals surface area contributed by atoms with Crippen molar-refractivity contribution in [1.29, 1.82) is 0 Å². The van der Waals surface area contributed by atoms with Crippen LogP contribution in [0.3, 0.4) is 0 Å². The molecule has 1 rings (SSSR count). The number of carbonyl (C=O) groups is 2. The summed E-state index contributed by atoms with van der Waals surface area (Å²) < 4.78 is 14.9. The van der Waals surface area contributed by atoms with E-state index in [1.165, 1.54) is 6.92 Å². The molecule has 1 fully saturated rings. The molecule has 0 amide bonds. The van der Waals surface area contributed by atoms with Crippen LogP contribution in [0.4, 0.5) is 0 Å². The topological polar surface area (TPSA) is 82.1 Å². The van der Waals surface area contributed by atoms with Crippen molar-refractivity contribution in [3.63, 3.8) is 0 Å². The van der Waals surface area contributed by atoms with Crippen LogP contribution in [-0.2, 0) is 23.8 Å². The van der Waals surface area contributed by atoms with Crippen LogP contribution in [0.2, 0.25) is 0 Å². The van der Waals surface area contributed by atoms with E-state index < -0.39 is 24.3 Å². The first-order valence-electron chi connectivity index (χ1n) is 4.20. The van der Waals surface area contributed by atoms with Gasteiger partial charge in [0.15, 0.2) is 0 Å². The normalized spacial score (nSPS) is 26.9. The van der Waals surface area contributed by atoms with Gasteiger partial charge in [0, 0.05) is 6.92 Å². The third kappa shape index (κ3) is 3.71. The summed E-state index contributed by atoms with van der Waals surface area (Å²) in [6.07, 6.45) is -1.27. The van der Waals surface area contributed by atoms with Gasteiger partial charge >= 0.3 is 11.9 Å². The molecule has 0 spiro atoms.